The van der Waals surface area contributed by atoms with Crippen molar-refractivity contribution < 1.29 is 4.79 Å². The number of fused-ring (bicyclic) bond motifs is 2. The summed E-state index contributed by atoms with van der Waals surface area (Å²) in [5.74, 6) is 0.552. The number of hydrogen-bond acceptors (Lipinski definition) is 5. The van der Waals surface area contributed by atoms with Crippen LogP contribution in [0.1, 0.15) is 19.8 Å². The number of benzene rings is 1. The van der Waals surface area contributed by atoms with E-state index < -0.39 is 5.41 Å². The van der Waals surface area contributed by atoms with Crippen molar-refractivity contribution in [2.75, 3.05) is 11.4 Å². The molecule has 1 saturated heterocycles. The summed E-state index contributed by atoms with van der Waals surface area (Å²) in [7, 11) is 1.91. The third-order valence-electron chi connectivity index (χ3n) is 6.91. The van der Waals surface area contributed by atoms with Crippen molar-refractivity contribution in [2.45, 2.75) is 19.8 Å². The van der Waals surface area contributed by atoms with E-state index in [1.165, 1.54) is 0 Å². The summed E-state index contributed by atoms with van der Waals surface area (Å²) >= 11 is 0. The van der Waals surface area contributed by atoms with Crippen LogP contribution < -0.4 is 4.90 Å². The maximum absolute atomic E-state index is 13.6. The molecule has 4 aromatic rings. The van der Waals surface area contributed by atoms with Crippen LogP contribution in [-0.2, 0) is 11.8 Å². The van der Waals surface area contributed by atoms with Crippen LogP contribution in [0.3, 0.4) is 0 Å². The lowest BCUT2D eigenvalue weighted by molar-refractivity contribution is -0.124. The van der Waals surface area contributed by atoms with Crippen molar-refractivity contribution in [3.05, 3.63) is 42.9 Å². The third kappa shape index (κ3) is 2.40. The summed E-state index contributed by atoms with van der Waals surface area (Å²) in [5.41, 5.74) is 2.50. The van der Waals surface area contributed by atoms with Gasteiger partial charge in [0.25, 0.3) is 0 Å². The predicted molar refractivity (Wildman–Crippen MR) is 115 cm³/mol. The van der Waals surface area contributed by atoms with E-state index >= 15 is 0 Å². The average molecular weight is 411 g/mol. The first-order valence-electron chi connectivity index (χ1n) is 10.5. The van der Waals surface area contributed by atoms with Crippen LogP contribution in [0.15, 0.2) is 42.9 Å². The summed E-state index contributed by atoms with van der Waals surface area (Å²) in [4.78, 5) is 20.2. The minimum absolute atomic E-state index is 0.0438. The molecule has 2 aliphatic rings. The Kier molecular flexibility index (Phi) is 3.58. The Morgan fingerprint density at radius 3 is 2.81 bits per heavy atom. The Morgan fingerprint density at radius 2 is 2.03 bits per heavy atom. The molecule has 6 rings (SSSR count). The molecule has 1 aromatic carbocycles. The monoisotopic (exact) mass is 411 g/mol. The number of nitriles is 1. The zero-order chi connectivity index (χ0) is 21.3. The van der Waals surface area contributed by atoms with Crippen LogP contribution in [0.2, 0.25) is 0 Å². The van der Waals surface area contributed by atoms with Gasteiger partial charge in [-0.3, -0.25) is 14.4 Å². The summed E-state index contributed by atoms with van der Waals surface area (Å²) in [6.45, 7) is 2.50. The van der Waals surface area contributed by atoms with Crippen LogP contribution in [0, 0.1) is 28.6 Å². The standard InChI is InChI=1S/C23H21N7O/c1-14-11-29(22(31)23(14,13-24)17-4-5-17)21-20-7-8-25-30(20)12-18(27-21)15-3-6-19-16(9-15)10-26-28(19)2/h3,6-10,12,14,17H,4-5,11H2,1-2H3/t14-,23+/m1/s1. The summed E-state index contributed by atoms with van der Waals surface area (Å²) in [6, 6.07) is 10.3. The van der Waals surface area contributed by atoms with Gasteiger partial charge in [-0.25, -0.2) is 9.50 Å². The van der Waals surface area contributed by atoms with Gasteiger partial charge in [0.05, 0.1) is 35.9 Å². The van der Waals surface area contributed by atoms with Crippen molar-refractivity contribution in [1.82, 2.24) is 24.4 Å². The topological polar surface area (TPSA) is 92.1 Å². The zero-order valence-electron chi connectivity index (χ0n) is 17.4. The molecule has 1 aliphatic heterocycles. The first-order valence-corrected chi connectivity index (χ1v) is 10.5. The molecule has 0 bridgehead atoms. The van der Waals surface area contributed by atoms with Crippen molar-refractivity contribution in [3.8, 4) is 17.3 Å². The summed E-state index contributed by atoms with van der Waals surface area (Å²) in [6.07, 6.45) is 7.29. The number of hydrogen-bond donors (Lipinski definition) is 0. The lowest BCUT2D eigenvalue weighted by atomic mass is 9.75. The number of aryl methyl sites for hydroxylation is 1. The van der Waals surface area contributed by atoms with E-state index in [0.717, 1.165) is 40.5 Å². The Balaban J connectivity index is 1.50. The van der Waals surface area contributed by atoms with Gasteiger partial charge in [0, 0.05) is 30.5 Å². The summed E-state index contributed by atoms with van der Waals surface area (Å²) < 4.78 is 3.59. The number of amides is 1. The second kappa shape index (κ2) is 6.14. The molecule has 0 radical (unpaired) electrons. The molecule has 1 saturated carbocycles. The number of nitrogens with zero attached hydrogens (tertiary/aromatic N) is 7. The molecule has 2 atom stereocenters. The maximum atomic E-state index is 13.6. The molecule has 1 amide bonds. The zero-order valence-corrected chi connectivity index (χ0v) is 17.4. The fourth-order valence-electron chi connectivity index (χ4n) is 5.05. The highest BCUT2D eigenvalue weighted by atomic mass is 16.2. The van der Waals surface area contributed by atoms with Crippen molar-refractivity contribution in [1.29, 1.82) is 5.26 Å². The first-order chi connectivity index (χ1) is 15.0. The Bertz CT molecular complexity index is 1410. The molecule has 4 heterocycles. The van der Waals surface area contributed by atoms with E-state index in [-0.39, 0.29) is 17.7 Å². The molecule has 154 valence electrons. The molecule has 2 fully saturated rings. The van der Waals surface area contributed by atoms with Crippen LogP contribution in [0.5, 0.6) is 0 Å². The SMILES string of the molecule is C[C@@H]1CN(c2nc(-c3ccc4c(cnn4C)c3)cn3nccc23)C(=O)[C@]1(C#N)C1CC1. The van der Waals surface area contributed by atoms with Crippen molar-refractivity contribution >= 4 is 28.1 Å². The molecule has 8 nitrogen and oxygen atoms in total. The van der Waals surface area contributed by atoms with E-state index in [4.69, 9.17) is 4.98 Å². The van der Waals surface area contributed by atoms with Gasteiger partial charge in [-0.2, -0.15) is 15.5 Å². The number of anilines is 1. The molecular formula is C23H21N7O. The van der Waals surface area contributed by atoms with Crippen LogP contribution in [0.4, 0.5) is 5.82 Å². The minimum atomic E-state index is -0.941. The molecular weight excluding hydrogens is 390 g/mol. The molecule has 3 aromatic heterocycles. The van der Waals surface area contributed by atoms with Gasteiger partial charge in [-0.05, 0) is 37.0 Å². The number of aromatic nitrogens is 5. The van der Waals surface area contributed by atoms with E-state index in [2.05, 4.69) is 16.3 Å². The third-order valence-corrected chi connectivity index (χ3v) is 6.91. The highest BCUT2D eigenvalue weighted by Gasteiger charge is 2.61. The van der Waals surface area contributed by atoms with E-state index in [0.29, 0.717) is 12.4 Å². The van der Waals surface area contributed by atoms with Crippen molar-refractivity contribution in [2.24, 2.45) is 24.3 Å². The molecule has 8 heteroatoms. The van der Waals surface area contributed by atoms with E-state index in [1.807, 2.05) is 55.3 Å². The van der Waals surface area contributed by atoms with E-state index in [1.54, 1.807) is 15.6 Å². The first kappa shape index (κ1) is 18.1. The maximum Gasteiger partial charge on any atom is 0.249 e. The molecule has 0 unspecified atom stereocenters. The second-order valence-corrected chi connectivity index (χ2v) is 8.72. The van der Waals surface area contributed by atoms with E-state index in [9.17, 15) is 10.1 Å². The smallest absolute Gasteiger partial charge is 0.249 e. The second-order valence-electron chi connectivity index (χ2n) is 8.72. The van der Waals surface area contributed by atoms with Gasteiger partial charge in [-0.15, -0.1) is 0 Å². The number of rotatable bonds is 3. The minimum Gasteiger partial charge on any atom is -0.293 e. The van der Waals surface area contributed by atoms with Gasteiger partial charge in [0.1, 0.15) is 10.9 Å². The van der Waals surface area contributed by atoms with Gasteiger partial charge in [0.15, 0.2) is 5.82 Å². The van der Waals surface area contributed by atoms with Crippen LogP contribution >= 0.6 is 0 Å². The fraction of sp³-hybridized carbons (Fsp3) is 0.348. The lowest BCUT2D eigenvalue weighted by Gasteiger charge is -2.23. The molecule has 1 aliphatic carbocycles. The summed E-state index contributed by atoms with van der Waals surface area (Å²) in [5, 5.41) is 19.7. The predicted octanol–water partition coefficient (Wildman–Crippen LogP) is 3.19. The number of carbonyl (C=O) groups is 1. The van der Waals surface area contributed by atoms with Gasteiger partial charge in [0.2, 0.25) is 5.91 Å². The Morgan fingerprint density at radius 1 is 1.19 bits per heavy atom. The number of carbonyl (C=O) groups excluding carboxylic acids is 1. The quantitative estimate of drug-likeness (QED) is 0.516. The highest BCUT2D eigenvalue weighted by Crippen LogP contribution is 2.54. The van der Waals surface area contributed by atoms with Gasteiger partial charge < -0.3 is 0 Å². The Hall–Kier alpha value is -3.73. The largest absolute Gasteiger partial charge is 0.293 e. The Labute approximate surface area is 178 Å². The van der Waals surface area contributed by atoms with Crippen LogP contribution in [0.25, 0.3) is 27.7 Å². The normalized spacial score (nSPS) is 23.7. The fourth-order valence-corrected chi connectivity index (χ4v) is 5.05. The molecule has 0 spiro atoms. The average Bonchev–Trinajstić information content (AvgIpc) is 3.30. The molecule has 31 heavy (non-hydrogen) atoms. The highest BCUT2D eigenvalue weighted by molar-refractivity contribution is 6.04. The van der Waals surface area contributed by atoms with Crippen LogP contribution in [-0.4, -0.2) is 36.8 Å². The lowest BCUT2D eigenvalue weighted by Crippen LogP contribution is -2.37. The van der Waals surface area contributed by atoms with Gasteiger partial charge in [-0.1, -0.05) is 13.0 Å². The van der Waals surface area contributed by atoms with Crippen molar-refractivity contribution in [3.63, 3.8) is 0 Å². The molecule has 0 N–H and O–H groups in total. The van der Waals surface area contributed by atoms with Gasteiger partial charge >= 0.3 is 0 Å².